The highest BCUT2D eigenvalue weighted by atomic mass is 16.5. The van der Waals surface area contributed by atoms with E-state index in [0.717, 1.165) is 6.54 Å². The third-order valence-electron chi connectivity index (χ3n) is 3.69. The number of benzene rings is 1. The topological polar surface area (TPSA) is 85.2 Å². The molecule has 0 aliphatic carbocycles. The van der Waals surface area contributed by atoms with E-state index in [2.05, 4.69) is 15.7 Å². The van der Waals surface area contributed by atoms with Gasteiger partial charge in [0.05, 0.1) is 12.0 Å². The molecule has 2 rings (SSSR count). The van der Waals surface area contributed by atoms with Gasteiger partial charge in [-0.3, -0.25) is 9.59 Å². The molecular formula is C18H26N4O3. The molecule has 0 aliphatic rings. The first-order chi connectivity index (χ1) is 12.0. The Labute approximate surface area is 147 Å². The van der Waals surface area contributed by atoms with Crippen LogP contribution in [0.3, 0.4) is 0 Å². The molecule has 1 aromatic carbocycles. The van der Waals surface area contributed by atoms with Crippen LogP contribution in [0.15, 0.2) is 29.1 Å². The van der Waals surface area contributed by atoms with Crippen molar-refractivity contribution in [2.45, 2.75) is 20.4 Å². The second kappa shape index (κ2) is 9.29. The molecule has 7 heteroatoms. The lowest BCUT2D eigenvalue weighted by Gasteiger charge is -2.13. The molecule has 7 nitrogen and oxygen atoms in total. The molecule has 1 aromatic heterocycles. The summed E-state index contributed by atoms with van der Waals surface area (Å²) >= 11 is 0. The van der Waals surface area contributed by atoms with Crippen LogP contribution in [0.1, 0.15) is 24.3 Å². The van der Waals surface area contributed by atoms with Gasteiger partial charge in [-0.2, -0.15) is 5.10 Å². The molecule has 0 bridgehead atoms. The van der Waals surface area contributed by atoms with E-state index in [-0.39, 0.29) is 23.1 Å². The maximum absolute atomic E-state index is 12.6. The molecule has 0 saturated heterocycles. The van der Waals surface area contributed by atoms with Gasteiger partial charge in [-0.15, -0.1) is 0 Å². The smallest absolute Gasteiger partial charge is 0.274 e. The Bertz CT molecular complexity index is 770. The maximum atomic E-state index is 12.6. The second-order valence-electron chi connectivity index (χ2n) is 6.27. The predicted molar refractivity (Wildman–Crippen MR) is 97.9 cm³/mol. The average Bonchev–Trinajstić information content (AvgIpc) is 2.60. The Morgan fingerprint density at radius 1 is 1.20 bits per heavy atom. The number of nitrogens with zero attached hydrogens (tertiary/aromatic N) is 2. The van der Waals surface area contributed by atoms with E-state index in [1.54, 1.807) is 31.4 Å². The molecule has 1 heterocycles. The molecule has 2 aromatic rings. The van der Waals surface area contributed by atoms with Crippen molar-refractivity contribution in [1.82, 2.24) is 20.4 Å². The molecule has 1 amide bonds. The third-order valence-corrected chi connectivity index (χ3v) is 3.69. The Balaban J connectivity index is 2.19. The van der Waals surface area contributed by atoms with Crippen LogP contribution in [-0.4, -0.2) is 49.0 Å². The van der Waals surface area contributed by atoms with Crippen LogP contribution in [0, 0.1) is 5.92 Å². The standard InChI is InChI=1S/C18H26N4O3/c1-13(2)12-22-18(24)15-7-5-4-6-14(15)16(21-22)17(23)20-9-8-19-10-11-25-3/h4-7,13,19H,8-12H2,1-3H3,(H,20,23). The lowest BCUT2D eigenvalue weighted by molar-refractivity contribution is 0.0948. The highest BCUT2D eigenvalue weighted by Gasteiger charge is 2.16. The van der Waals surface area contributed by atoms with E-state index in [0.29, 0.717) is 37.0 Å². The van der Waals surface area contributed by atoms with Crippen molar-refractivity contribution >= 4 is 16.7 Å². The summed E-state index contributed by atoms with van der Waals surface area (Å²) < 4.78 is 6.34. The molecule has 0 atom stereocenters. The molecule has 0 aliphatic heterocycles. The number of methoxy groups -OCH3 is 1. The summed E-state index contributed by atoms with van der Waals surface area (Å²) in [4.78, 5) is 25.1. The molecular weight excluding hydrogens is 320 g/mol. The van der Waals surface area contributed by atoms with Crippen LogP contribution in [0.5, 0.6) is 0 Å². The van der Waals surface area contributed by atoms with E-state index in [9.17, 15) is 9.59 Å². The average molecular weight is 346 g/mol. The van der Waals surface area contributed by atoms with Crippen LogP contribution in [0.25, 0.3) is 10.8 Å². The summed E-state index contributed by atoms with van der Waals surface area (Å²) in [6.45, 7) is 6.96. The number of nitrogens with one attached hydrogen (secondary N) is 2. The summed E-state index contributed by atoms with van der Waals surface area (Å²) in [6.07, 6.45) is 0. The summed E-state index contributed by atoms with van der Waals surface area (Å²) in [5, 5.41) is 11.4. The second-order valence-corrected chi connectivity index (χ2v) is 6.27. The van der Waals surface area contributed by atoms with Gasteiger partial charge in [0.2, 0.25) is 0 Å². The number of fused-ring (bicyclic) bond motifs is 1. The number of amides is 1. The molecule has 0 fully saturated rings. The Morgan fingerprint density at radius 3 is 2.60 bits per heavy atom. The van der Waals surface area contributed by atoms with Gasteiger partial charge in [-0.1, -0.05) is 32.0 Å². The zero-order valence-corrected chi connectivity index (χ0v) is 15.0. The highest BCUT2D eigenvalue weighted by Crippen LogP contribution is 2.13. The zero-order valence-electron chi connectivity index (χ0n) is 15.0. The van der Waals surface area contributed by atoms with Gasteiger partial charge in [-0.25, -0.2) is 4.68 Å². The highest BCUT2D eigenvalue weighted by molar-refractivity contribution is 6.04. The third kappa shape index (κ3) is 5.11. The molecule has 25 heavy (non-hydrogen) atoms. The molecule has 0 unspecified atom stereocenters. The minimum Gasteiger partial charge on any atom is -0.383 e. The number of hydrogen-bond donors (Lipinski definition) is 2. The van der Waals surface area contributed by atoms with Crippen molar-refractivity contribution in [3.8, 4) is 0 Å². The van der Waals surface area contributed by atoms with Crippen LogP contribution in [0.4, 0.5) is 0 Å². The maximum Gasteiger partial charge on any atom is 0.274 e. The van der Waals surface area contributed by atoms with Crippen molar-refractivity contribution in [2.24, 2.45) is 5.92 Å². The molecule has 136 valence electrons. The monoisotopic (exact) mass is 346 g/mol. The summed E-state index contributed by atoms with van der Waals surface area (Å²) in [7, 11) is 1.65. The summed E-state index contributed by atoms with van der Waals surface area (Å²) in [6, 6.07) is 7.10. The lowest BCUT2D eigenvalue weighted by atomic mass is 10.1. The Kier molecular flexibility index (Phi) is 7.09. The largest absolute Gasteiger partial charge is 0.383 e. The normalized spacial score (nSPS) is 11.2. The number of ether oxygens (including phenoxy) is 1. The zero-order chi connectivity index (χ0) is 18.2. The fraction of sp³-hybridized carbons (Fsp3) is 0.500. The fourth-order valence-electron chi connectivity index (χ4n) is 2.52. The fourth-order valence-corrected chi connectivity index (χ4v) is 2.52. The molecule has 0 saturated carbocycles. The lowest BCUT2D eigenvalue weighted by Crippen LogP contribution is -2.35. The first kappa shape index (κ1) is 19.1. The number of carbonyl (C=O) groups excluding carboxylic acids is 1. The summed E-state index contributed by atoms with van der Waals surface area (Å²) in [5.41, 5.74) is 0.120. The van der Waals surface area contributed by atoms with E-state index in [1.165, 1.54) is 4.68 Å². The number of carbonyl (C=O) groups is 1. The molecule has 2 N–H and O–H groups in total. The van der Waals surface area contributed by atoms with Crippen LogP contribution in [-0.2, 0) is 11.3 Å². The SMILES string of the molecule is COCCNCCNC(=O)c1nn(CC(C)C)c(=O)c2ccccc12. The number of aromatic nitrogens is 2. The number of rotatable bonds is 9. The van der Waals surface area contributed by atoms with Crippen LogP contribution < -0.4 is 16.2 Å². The number of hydrogen-bond acceptors (Lipinski definition) is 5. The van der Waals surface area contributed by atoms with Gasteiger partial charge in [0.25, 0.3) is 11.5 Å². The van der Waals surface area contributed by atoms with Gasteiger partial charge < -0.3 is 15.4 Å². The Hall–Kier alpha value is -2.25. The quantitative estimate of drug-likeness (QED) is 0.662. The van der Waals surface area contributed by atoms with Crippen molar-refractivity contribution in [3.63, 3.8) is 0 Å². The van der Waals surface area contributed by atoms with Crippen molar-refractivity contribution in [1.29, 1.82) is 0 Å². The molecule has 0 spiro atoms. The Morgan fingerprint density at radius 2 is 1.92 bits per heavy atom. The van der Waals surface area contributed by atoms with E-state index < -0.39 is 0 Å². The predicted octanol–water partition coefficient (Wildman–Crippen LogP) is 1.02. The van der Waals surface area contributed by atoms with E-state index in [1.807, 2.05) is 13.8 Å². The van der Waals surface area contributed by atoms with Crippen LogP contribution in [0.2, 0.25) is 0 Å². The van der Waals surface area contributed by atoms with Gasteiger partial charge in [0, 0.05) is 38.7 Å². The first-order valence-corrected chi connectivity index (χ1v) is 8.52. The van der Waals surface area contributed by atoms with Crippen LogP contribution >= 0.6 is 0 Å². The van der Waals surface area contributed by atoms with Crippen molar-refractivity contribution < 1.29 is 9.53 Å². The van der Waals surface area contributed by atoms with Gasteiger partial charge >= 0.3 is 0 Å². The van der Waals surface area contributed by atoms with Crippen molar-refractivity contribution in [2.75, 3.05) is 33.4 Å². The first-order valence-electron chi connectivity index (χ1n) is 8.52. The van der Waals surface area contributed by atoms with Gasteiger partial charge in [-0.05, 0) is 12.0 Å². The van der Waals surface area contributed by atoms with E-state index in [4.69, 9.17) is 4.74 Å². The minimum atomic E-state index is -0.276. The van der Waals surface area contributed by atoms with Gasteiger partial charge in [0.15, 0.2) is 5.69 Å². The minimum absolute atomic E-state index is 0.165. The van der Waals surface area contributed by atoms with Gasteiger partial charge in [0.1, 0.15) is 0 Å². The van der Waals surface area contributed by atoms with E-state index >= 15 is 0 Å². The summed E-state index contributed by atoms with van der Waals surface area (Å²) in [5.74, 6) is -0.0190. The molecule has 0 radical (unpaired) electrons. The van der Waals surface area contributed by atoms with Crippen molar-refractivity contribution in [3.05, 3.63) is 40.3 Å².